The van der Waals surface area contributed by atoms with E-state index in [2.05, 4.69) is 46.0 Å². The average molecular weight is 283 g/mol. The molecule has 2 rings (SSSR count). The van der Waals surface area contributed by atoms with Gasteiger partial charge in [-0.15, -0.1) is 0 Å². The van der Waals surface area contributed by atoms with Crippen molar-refractivity contribution >= 4 is 15.9 Å². The highest BCUT2D eigenvalue weighted by atomic mass is 79.9. The van der Waals surface area contributed by atoms with E-state index in [1.54, 1.807) is 0 Å². The number of halogens is 1. The highest BCUT2D eigenvalue weighted by molar-refractivity contribution is 9.10. The summed E-state index contributed by atoms with van der Waals surface area (Å²) in [6.07, 6.45) is 2.62. The molecule has 1 heterocycles. The van der Waals surface area contributed by atoms with Gasteiger partial charge in [0.2, 0.25) is 0 Å². The Kier molecular flexibility index (Phi) is 4.00. The highest BCUT2D eigenvalue weighted by Crippen LogP contribution is 2.27. The standard InChI is InChI=1S/C13H19BrN2/c1-10-4-5-11(8-12(10)14)13(9-15)16-6-2-3-7-16/h4-5,8,13H,2-3,6-7,9,15H2,1H3. The second kappa shape index (κ2) is 5.30. The first-order valence-corrected chi connectivity index (χ1v) is 6.72. The molecule has 1 fully saturated rings. The summed E-state index contributed by atoms with van der Waals surface area (Å²) in [5, 5.41) is 0. The molecule has 1 saturated heterocycles. The molecule has 1 atom stereocenters. The van der Waals surface area contributed by atoms with Crippen LogP contribution < -0.4 is 5.73 Å². The molecule has 3 heteroatoms. The Morgan fingerprint density at radius 1 is 1.38 bits per heavy atom. The van der Waals surface area contributed by atoms with E-state index in [9.17, 15) is 0 Å². The Hall–Kier alpha value is -0.380. The fourth-order valence-electron chi connectivity index (χ4n) is 2.37. The van der Waals surface area contributed by atoms with E-state index in [4.69, 9.17) is 5.73 Å². The SMILES string of the molecule is Cc1ccc(C(CN)N2CCCC2)cc1Br. The van der Waals surface area contributed by atoms with Crippen molar-refractivity contribution in [2.45, 2.75) is 25.8 Å². The molecule has 2 N–H and O–H groups in total. The predicted octanol–water partition coefficient (Wildman–Crippen LogP) is 2.85. The minimum Gasteiger partial charge on any atom is -0.329 e. The summed E-state index contributed by atoms with van der Waals surface area (Å²) >= 11 is 3.59. The van der Waals surface area contributed by atoms with E-state index in [1.807, 2.05) is 0 Å². The van der Waals surface area contributed by atoms with Gasteiger partial charge in [0.1, 0.15) is 0 Å². The van der Waals surface area contributed by atoms with Crippen molar-refractivity contribution in [3.8, 4) is 0 Å². The van der Waals surface area contributed by atoms with Gasteiger partial charge in [0.25, 0.3) is 0 Å². The van der Waals surface area contributed by atoms with Crippen molar-refractivity contribution in [1.82, 2.24) is 4.90 Å². The number of nitrogens with two attached hydrogens (primary N) is 1. The Balaban J connectivity index is 2.22. The maximum atomic E-state index is 5.92. The van der Waals surface area contributed by atoms with E-state index in [0.717, 1.165) is 0 Å². The minimum absolute atomic E-state index is 0.388. The lowest BCUT2D eigenvalue weighted by atomic mass is 10.0. The van der Waals surface area contributed by atoms with Crippen LogP contribution in [0, 0.1) is 6.92 Å². The van der Waals surface area contributed by atoms with Crippen LogP contribution in [0.25, 0.3) is 0 Å². The lowest BCUT2D eigenvalue weighted by Crippen LogP contribution is -2.31. The fourth-order valence-corrected chi connectivity index (χ4v) is 2.76. The molecule has 0 aliphatic carbocycles. The van der Waals surface area contributed by atoms with Gasteiger partial charge in [-0.25, -0.2) is 0 Å². The lowest BCUT2D eigenvalue weighted by Gasteiger charge is -2.27. The first-order valence-electron chi connectivity index (χ1n) is 5.92. The molecule has 0 amide bonds. The molecule has 1 aliphatic rings. The third-order valence-corrected chi connectivity index (χ3v) is 4.24. The number of hydrogen-bond donors (Lipinski definition) is 1. The Morgan fingerprint density at radius 2 is 2.06 bits per heavy atom. The molecule has 1 aromatic rings. The van der Waals surface area contributed by atoms with Gasteiger partial charge in [-0.3, -0.25) is 4.90 Å². The number of rotatable bonds is 3. The second-order valence-electron chi connectivity index (χ2n) is 4.50. The molecular formula is C13H19BrN2. The molecule has 88 valence electrons. The van der Waals surface area contributed by atoms with E-state index in [0.29, 0.717) is 12.6 Å². The largest absolute Gasteiger partial charge is 0.329 e. The van der Waals surface area contributed by atoms with Gasteiger partial charge in [-0.2, -0.15) is 0 Å². The summed E-state index contributed by atoms with van der Waals surface area (Å²) in [7, 11) is 0. The maximum absolute atomic E-state index is 5.92. The van der Waals surface area contributed by atoms with Gasteiger partial charge in [0, 0.05) is 17.1 Å². The third-order valence-electron chi connectivity index (χ3n) is 3.39. The van der Waals surface area contributed by atoms with Crippen molar-refractivity contribution < 1.29 is 0 Å². The lowest BCUT2D eigenvalue weighted by molar-refractivity contribution is 0.251. The molecule has 16 heavy (non-hydrogen) atoms. The molecule has 0 aromatic heterocycles. The Labute approximate surface area is 106 Å². The third kappa shape index (κ3) is 2.47. The van der Waals surface area contributed by atoms with Crippen LogP contribution in [0.2, 0.25) is 0 Å². The van der Waals surface area contributed by atoms with Gasteiger partial charge >= 0.3 is 0 Å². The summed E-state index contributed by atoms with van der Waals surface area (Å²) in [6, 6.07) is 6.97. The average Bonchev–Trinajstić information content (AvgIpc) is 2.78. The smallest absolute Gasteiger partial charge is 0.0470 e. The molecule has 1 aliphatic heterocycles. The van der Waals surface area contributed by atoms with Gasteiger partial charge in [0.05, 0.1) is 0 Å². The Bertz CT molecular complexity index is 359. The van der Waals surface area contributed by atoms with E-state index >= 15 is 0 Å². The van der Waals surface area contributed by atoms with Crippen molar-refractivity contribution in [3.63, 3.8) is 0 Å². The molecule has 0 radical (unpaired) electrons. The van der Waals surface area contributed by atoms with E-state index < -0.39 is 0 Å². The van der Waals surface area contributed by atoms with Crippen molar-refractivity contribution in [2.75, 3.05) is 19.6 Å². The van der Waals surface area contributed by atoms with Crippen LogP contribution in [0.1, 0.15) is 30.0 Å². The molecule has 1 unspecified atom stereocenters. The van der Waals surface area contributed by atoms with Crippen molar-refractivity contribution in [1.29, 1.82) is 0 Å². The summed E-state index contributed by atoms with van der Waals surface area (Å²) in [5.74, 6) is 0. The van der Waals surface area contributed by atoms with Gasteiger partial charge in [-0.1, -0.05) is 28.1 Å². The summed E-state index contributed by atoms with van der Waals surface area (Å²) in [5.41, 5.74) is 8.53. The zero-order valence-corrected chi connectivity index (χ0v) is 11.3. The zero-order chi connectivity index (χ0) is 11.5. The van der Waals surface area contributed by atoms with Gasteiger partial charge < -0.3 is 5.73 Å². The first-order chi connectivity index (χ1) is 7.72. The van der Waals surface area contributed by atoms with Crippen molar-refractivity contribution in [3.05, 3.63) is 33.8 Å². The van der Waals surface area contributed by atoms with Crippen LogP contribution in [0.3, 0.4) is 0 Å². The number of likely N-dealkylation sites (tertiary alicyclic amines) is 1. The summed E-state index contributed by atoms with van der Waals surface area (Å²) in [4.78, 5) is 2.50. The van der Waals surface area contributed by atoms with Crippen molar-refractivity contribution in [2.24, 2.45) is 5.73 Å². The normalized spacial score (nSPS) is 18.9. The fraction of sp³-hybridized carbons (Fsp3) is 0.538. The summed E-state index contributed by atoms with van der Waals surface area (Å²) in [6.45, 7) is 5.19. The molecule has 2 nitrogen and oxygen atoms in total. The maximum Gasteiger partial charge on any atom is 0.0470 e. The monoisotopic (exact) mass is 282 g/mol. The van der Waals surface area contributed by atoms with Crippen LogP contribution in [0.5, 0.6) is 0 Å². The first kappa shape index (κ1) is 12.1. The summed E-state index contributed by atoms with van der Waals surface area (Å²) < 4.78 is 1.18. The van der Waals surface area contributed by atoms with Gasteiger partial charge in [0.15, 0.2) is 0 Å². The van der Waals surface area contributed by atoms with Gasteiger partial charge in [-0.05, 0) is 50.0 Å². The number of hydrogen-bond acceptors (Lipinski definition) is 2. The van der Waals surface area contributed by atoms with Crippen LogP contribution in [-0.4, -0.2) is 24.5 Å². The molecule has 0 saturated carbocycles. The topological polar surface area (TPSA) is 29.3 Å². The number of nitrogens with zero attached hydrogens (tertiary/aromatic N) is 1. The molecule has 0 bridgehead atoms. The van der Waals surface area contributed by atoms with Crippen LogP contribution >= 0.6 is 15.9 Å². The Morgan fingerprint density at radius 3 is 2.62 bits per heavy atom. The predicted molar refractivity (Wildman–Crippen MR) is 71.5 cm³/mol. The molecule has 1 aromatic carbocycles. The van der Waals surface area contributed by atoms with E-state index in [1.165, 1.54) is 41.5 Å². The van der Waals surface area contributed by atoms with Crippen LogP contribution in [-0.2, 0) is 0 Å². The zero-order valence-electron chi connectivity index (χ0n) is 9.75. The minimum atomic E-state index is 0.388. The van der Waals surface area contributed by atoms with E-state index in [-0.39, 0.29) is 0 Å². The van der Waals surface area contributed by atoms with Crippen LogP contribution in [0.4, 0.5) is 0 Å². The quantitative estimate of drug-likeness (QED) is 0.924. The number of benzene rings is 1. The van der Waals surface area contributed by atoms with Crippen LogP contribution in [0.15, 0.2) is 22.7 Å². The second-order valence-corrected chi connectivity index (χ2v) is 5.36. The molecule has 0 spiro atoms. The molecular weight excluding hydrogens is 264 g/mol. The highest BCUT2D eigenvalue weighted by Gasteiger charge is 2.22. The number of aryl methyl sites for hydroxylation is 1.